The van der Waals surface area contributed by atoms with Crippen LogP contribution in [0.1, 0.15) is 35.3 Å². The third kappa shape index (κ3) is 3.47. The Morgan fingerprint density at radius 3 is 2.62 bits per heavy atom. The predicted octanol–water partition coefficient (Wildman–Crippen LogP) is 1.06. The van der Waals surface area contributed by atoms with Crippen LogP contribution in [-0.2, 0) is 7.05 Å². The Morgan fingerprint density at radius 1 is 1.29 bits per heavy atom. The highest BCUT2D eigenvalue weighted by Gasteiger charge is 2.36. The zero-order valence-electron chi connectivity index (χ0n) is 14.3. The van der Waals surface area contributed by atoms with Gasteiger partial charge in [-0.3, -0.25) is 4.79 Å². The van der Waals surface area contributed by atoms with Gasteiger partial charge >= 0.3 is 0 Å². The average Bonchev–Trinajstić information content (AvgIpc) is 3.18. The molecule has 0 radical (unpaired) electrons. The van der Waals surface area contributed by atoms with Crippen molar-refractivity contribution in [1.82, 2.24) is 14.4 Å². The van der Waals surface area contributed by atoms with Gasteiger partial charge in [-0.15, -0.1) is 0 Å². The smallest absolute Gasteiger partial charge is 0.270 e. The zero-order chi connectivity index (χ0) is 17.1. The summed E-state index contributed by atoms with van der Waals surface area (Å²) >= 11 is 0. The van der Waals surface area contributed by atoms with E-state index in [0.29, 0.717) is 30.3 Å². The highest BCUT2D eigenvalue weighted by Crippen LogP contribution is 2.27. The number of carbonyl (C=O) groups excluding carboxylic acids is 1. The molecule has 1 amide bonds. The summed E-state index contributed by atoms with van der Waals surface area (Å²) in [4.78, 5) is 17.1. The fourth-order valence-corrected chi connectivity index (χ4v) is 3.99. The van der Waals surface area contributed by atoms with Crippen LogP contribution in [0.2, 0.25) is 0 Å². The average molecular weight is 330 g/mol. The van der Waals surface area contributed by atoms with E-state index in [1.54, 1.807) is 23.9 Å². The van der Waals surface area contributed by atoms with E-state index in [1.807, 2.05) is 4.90 Å². The lowest BCUT2D eigenvalue weighted by Gasteiger charge is -2.30. The van der Waals surface area contributed by atoms with Crippen molar-refractivity contribution in [2.45, 2.75) is 19.3 Å². The SMILES string of the molecule is Cn1cc(C#N)cc1C(=O)N1C[C@@H](CN2CCCCC2)[C@@H](CO)C1. The van der Waals surface area contributed by atoms with Crippen LogP contribution in [0.25, 0.3) is 0 Å². The third-order valence-electron chi connectivity index (χ3n) is 5.39. The fraction of sp³-hybridized carbons (Fsp3) is 0.667. The van der Waals surface area contributed by atoms with E-state index in [-0.39, 0.29) is 18.4 Å². The lowest BCUT2D eigenvalue weighted by molar-refractivity contribution is 0.0769. The number of hydrogen-bond donors (Lipinski definition) is 1. The number of nitriles is 1. The second kappa shape index (κ2) is 7.37. The molecule has 0 spiro atoms. The lowest BCUT2D eigenvalue weighted by atomic mass is 9.95. The molecular formula is C18H26N4O2. The van der Waals surface area contributed by atoms with Gasteiger partial charge in [-0.2, -0.15) is 5.26 Å². The van der Waals surface area contributed by atoms with Gasteiger partial charge in [-0.05, 0) is 37.9 Å². The lowest BCUT2D eigenvalue weighted by Crippen LogP contribution is -2.37. The summed E-state index contributed by atoms with van der Waals surface area (Å²) in [6.45, 7) is 4.64. The Hall–Kier alpha value is -1.84. The first kappa shape index (κ1) is 17.0. The minimum atomic E-state index is -0.0430. The molecule has 0 aliphatic carbocycles. The minimum Gasteiger partial charge on any atom is -0.396 e. The maximum absolute atomic E-state index is 12.8. The summed E-state index contributed by atoms with van der Waals surface area (Å²) in [7, 11) is 1.79. The molecule has 6 nitrogen and oxygen atoms in total. The van der Waals surface area contributed by atoms with Gasteiger partial charge in [0.05, 0.1) is 5.56 Å². The van der Waals surface area contributed by atoms with Gasteiger partial charge in [-0.1, -0.05) is 6.42 Å². The van der Waals surface area contributed by atoms with Gasteiger partial charge in [0.1, 0.15) is 11.8 Å². The van der Waals surface area contributed by atoms with Crippen LogP contribution in [0.4, 0.5) is 0 Å². The second-order valence-corrected chi connectivity index (χ2v) is 7.11. The number of aliphatic hydroxyl groups excluding tert-OH is 1. The summed E-state index contributed by atoms with van der Waals surface area (Å²) < 4.78 is 1.72. The normalized spacial score (nSPS) is 25.0. The van der Waals surface area contributed by atoms with E-state index >= 15 is 0 Å². The van der Waals surface area contributed by atoms with Crippen molar-refractivity contribution < 1.29 is 9.90 Å². The third-order valence-corrected chi connectivity index (χ3v) is 5.39. The first-order valence-electron chi connectivity index (χ1n) is 8.81. The van der Waals surface area contributed by atoms with E-state index in [0.717, 1.165) is 19.6 Å². The number of rotatable bonds is 4. The first-order valence-corrected chi connectivity index (χ1v) is 8.81. The number of amides is 1. The highest BCUT2D eigenvalue weighted by molar-refractivity contribution is 5.93. The topological polar surface area (TPSA) is 72.5 Å². The van der Waals surface area contributed by atoms with Crippen LogP contribution in [0.15, 0.2) is 12.3 Å². The Kier molecular flexibility index (Phi) is 5.22. The van der Waals surface area contributed by atoms with Crippen molar-refractivity contribution in [3.63, 3.8) is 0 Å². The van der Waals surface area contributed by atoms with Gasteiger partial charge in [0.25, 0.3) is 5.91 Å². The van der Waals surface area contributed by atoms with Crippen LogP contribution >= 0.6 is 0 Å². The molecular weight excluding hydrogens is 304 g/mol. The van der Waals surface area contributed by atoms with Crippen molar-refractivity contribution in [3.05, 3.63) is 23.5 Å². The largest absolute Gasteiger partial charge is 0.396 e. The molecule has 0 bridgehead atoms. The van der Waals surface area contributed by atoms with Gasteiger partial charge in [0.15, 0.2) is 0 Å². The van der Waals surface area contributed by atoms with Gasteiger partial charge in [-0.25, -0.2) is 0 Å². The molecule has 24 heavy (non-hydrogen) atoms. The van der Waals surface area contributed by atoms with Gasteiger partial charge in [0, 0.05) is 45.4 Å². The van der Waals surface area contributed by atoms with Gasteiger partial charge < -0.3 is 19.5 Å². The molecule has 0 saturated carbocycles. The quantitative estimate of drug-likeness (QED) is 0.896. The predicted molar refractivity (Wildman–Crippen MR) is 90.4 cm³/mol. The molecule has 6 heteroatoms. The molecule has 3 heterocycles. The number of hydrogen-bond acceptors (Lipinski definition) is 4. The standard InChI is InChI=1S/C18H26N4O2/c1-20-9-14(8-19)7-17(20)18(24)22-11-15(16(12-22)13-23)10-21-5-3-2-4-6-21/h7,9,15-16,23H,2-6,10-13H2,1H3/t15-,16-/m1/s1. The molecule has 1 aromatic rings. The minimum absolute atomic E-state index is 0.0430. The van der Waals surface area contributed by atoms with E-state index in [1.165, 1.54) is 19.3 Å². The van der Waals surface area contributed by atoms with Crippen LogP contribution in [-0.4, -0.2) is 64.7 Å². The molecule has 2 fully saturated rings. The summed E-state index contributed by atoms with van der Waals surface area (Å²) in [5, 5.41) is 18.7. The number of aryl methyl sites for hydroxylation is 1. The van der Waals surface area contributed by atoms with Crippen molar-refractivity contribution in [3.8, 4) is 6.07 Å². The van der Waals surface area contributed by atoms with Crippen molar-refractivity contribution >= 4 is 5.91 Å². The summed E-state index contributed by atoms with van der Waals surface area (Å²) in [6.07, 6.45) is 5.49. The summed E-state index contributed by atoms with van der Waals surface area (Å²) in [5.41, 5.74) is 1.05. The molecule has 2 saturated heterocycles. The van der Waals surface area contributed by atoms with Crippen LogP contribution < -0.4 is 0 Å². The van der Waals surface area contributed by atoms with Gasteiger partial charge in [0.2, 0.25) is 0 Å². The number of nitrogens with zero attached hydrogens (tertiary/aromatic N) is 4. The number of carbonyl (C=O) groups is 1. The molecule has 2 aliphatic heterocycles. The second-order valence-electron chi connectivity index (χ2n) is 7.11. The summed E-state index contributed by atoms with van der Waals surface area (Å²) in [6, 6.07) is 3.73. The monoisotopic (exact) mass is 330 g/mol. The molecule has 0 aromatic carbocycles. The van der Waals surface area contributed by atoms with E-state index in [9.17, 15) is 9.90 Å². The highest BCUT2D eigenvalue weighted by atomic mass is 16.3. The number of aliphatic hydroxyl groups is 1. The molecule has 2 aliphatic rings. The van der Waals surface area contributed by atoms with Crippen molar-refractivity contribution in [2.24, 2.45) is 18.9 Å². The Balaban J connectivity index is 1.67. The summed E-state index contributed by atoms with van der Waals surface area (Å²) in [5.74, 6) is 0.429. The fourth-order valence-electron chi connectivity index (χ4n) is 3.99. The maximum Gasteiger partial charge on any atom is 0.270 e. The zero-order valence-corrected chi connectivity index (χ0v) is 14.3. The van der Waals surface area contributed by atoms with E-state index in [2.05, 4.69) is 11.0 Å². The molecule has 1 N–H and O–H groups in total. The van der Waals surface area contributed by atoms with Crippen LogP contribution in [0, 0.1) is 23.2 Å². The van der Waals surface area contributed by atoms with E-state index < -0.39 is 0 Å². The Morgan fingerprint density at radius 2 is 2.00 bits per heavy atom. The molecule has 2 atom stereocenters. The number of likely N-dealkylation sites (tertiary alicyclic amines) is 2. The van der Waals surface area contributed by atoms with Crippen molar-refractivity contribution in [2.75, 3.05) is 39.3 Å². The van der Waals surface area contributed by atoms with E-state index in [4.69, 9.17) is 5.26 Å². The molecule has 3 rings (SSSR count). The molecule has 0 unspecified atom stereocenters. The Bertz CT molecular complexity index is 627. The number of aromatic nitrogens is 1. The molecule has 1 aromatic heterocycles. The van der Waals surface area contributed by atoms with Crippen LogP contribution in [0.3, 0.4) is 0 Å². The first-order chi connectivity index (χ1) is 11.6. The van der Waals surface area contributed by atoms with Crippen LogP contribution in [0.5, 0.6) is 0 Å². The van der Waals surface area contributed by atoms with Crippen molar-refractivity contribution in [1.29, 1.82) is 5.26 Å². The maximum atomic E-state index is 12.8. The Labute approximate surface area is 143 Å². The number of piperidine rings is 1. The molecule has 130 valence electrons.